The number of ether oxygens (including phenoxy) is 1. The summed E-state index contributed by atoms with van der Waals surface area (Å²) in [4.78, 5) is 70.2. The molecule has 47 heavy (non-hydrogen) atoms. The maximum atomic E-state index is 14.3. The second-order valence-corrected chi connectivity index (χ2v) is 13.1. The Labute approximate surface area is 272 Å². The standard InChI is InChI=1S/C39H35NO7/c1-22-20-31(42)30-21-29-26(34(39(30,2)36(22)44)27-10-6-7-11-32(27)47-19-18-41)16-17-28-33(29)38(46)40(37(28)45)25-14-12-24(13-15-25)35(43)23-8-4-3-5-9-23/h3-16,20,28-30,33-34,41H,17-19,21H2,1-2H3/t28-,29+,30-,33-,34+,39+/m0/s1. The van der Waals surface area contributed by atoms with Crippen molar-refractivity contribution in [3.63, 3.8) is 0 Å². The lowest BCUT2D eigenvalue weighted by molar-refractivity contribution is -0.141. The number of nitrogens with zero attached hydrogens (tertiary/aromatic N) is 1. The van der Waals surface area contributed by atoms with E-state index in [1.807, 2.05) is 37.3 Å². The Morgan fingerprint density at radius 2 is 1.57 bits per heavy atom. The molecule has 0 aromatic heterocycles. The Hall–Kier alpha value is -4.95. The summed E-state index contributed by atoms with van der Waals surface area (Å²) in [5, 5.41) is 9.50. The molecule has 8 nitrogen and oxygen atoms in total. The number of imide groups is 1. The minimum atomic E-state index is -1.13. The predicted octanol–water partition coefficient (Wildman–Crippen LogP) is 5.25. The van der Waals surface area contributed by atoms with Gasteiger partial charge in [-0.3, -0.25) is 28.9 Å². The summed E-state index contributed by atoms with van der Waals surface area (Å²) in [6, 6.07) is 22.7. The highest BCUT2D eigenvalue weighted by atomic mass is 16.5. The van der Waals surface area contributed by atoms with Gasteiger partial charge in [-0.05, 0) is 67.7 Å². The van der Waals surface area contributed by atoms with E-state index in [1.165, 1.54) is 11.0 Å². The Balaban J connectivity index is 1.27. The summed E-state index contributed by atoms with van der Waals surface area (Å²) in [7, 11) is 0. The van der Waals surface area contributed by atoms with Crippen LogP contribution in [0.1, 0.15) is 54.1 Å². The van der Waals surface area contributed by atoms with Gasteiger partial charge in [-0.1, -0.05) is 67.1 Å². The quantitative estimate of drug-likeness (QED) is 0.216. The molecule has 1 saturated heterocycles. The number of ketones is 3. The van der Waals surface area contributed by atoms with E-state index in [4.69, 9.17) is 4.74 Å². The number of rotatable bonds is 7. The van der Waals surface area contributed by atoms with E-state index in [-0.39, 0.29) is 48.8 Å². The second kappa shape index (κ2) is 11.7. The molecule has 8 heteroatoms. The number of carbonyl (C=O) groups excluding carboxylic acids is 5. The summed E-state index contributed by atoms with van der Waals surface area (Å²) < 4.78 is 5.95. The third kappa shape index (κ3) is 4.73. The number of amides is 2. The molecule has 1 N–H and O–H groups in total. The first-order valence-electron chi connectivity index (χ1n) is 16.0. The van der Waals surface area contributed by atoms with Crippen molar-refractivity contribution in [3.05, 3.63) is 119 Å². The molecule has 1 heterocycles. The van der Waals surface area contributed by atoms with Crippen molar-refractivity contribution < 1.29 is 33.8 Å². The van der Waals surface area contributed by atoms with Crippen LogP contribution in [0.2, 0.25) is 0 Å². The highest BCUT2D eigenvalue weighted by molar-refractivity contribution is 6.23. The van der Waals surface area contributed by atoms with E-state index < -0.39 is 35.0 Å². The van der Waals surface area contributed by atoms with Crippen LogP contribution >= 0.6 is 0 Å². The van der Waals surface area contributed by atoms with Gasteiger partial charge < -0.3 is 9.84 Å². The normalized spacial score (nSPS) is 28.2. The zero-order valence-electron chi connectivity index (χ0n) is 26.2. The van der Waals surface area contributed by atoms with Crippen LogP contribution < -0.4 is 9.64 Å². The van der Waals surface area contributed by atoms with Crippen LogP contribution in [-0.2, 0) is 19.2 Å². The van der Waals surface area contributed by atoms with Crippen molar-refractivity contribution in [2.24, 2.45) is 29.1 Å². The predicted molar refractivity (Wildman–Crippen MR) is 174 cm³/mol. The van der Waals surface area contributed by atoms with Gasteiger partial charge in [0.2, 0.25) is 11.8 Å². The zero-order valence-corrected chi connectivity index (χ0v) is 26.2. The van der Waals surface area contributed by atoms with Crippen molar-refractivity contribution in [2.75, 3.05) is 18.1 Å². The number of hydrogen-bond donors (Lipinski definition) is 1. The molecular formula is C39H35NO7. The lowest BCUT2D eigenvalue weighted by Gasteiger charge is -2.53. The fraction of sp³-hybridized carbons (Fsp3) is 0.308. The number of Topliss-reactive ketones (excluding diaryl/α,β-unsaturated/α-hetero) is 1. The second-order valence-electron chi connectivity index (χ2n) is 13.1. The molecule has 7 rings (SSSR count). The molecule has 238 valence electrons. The van der Waals surface area contributed by atoms with Gasteiger partial charge in [0.15, 0.2) is 17.3 Å². The van der Waals surface area contributed by atoms with Crippen molar-refractivity contribution in [1.29, 1.82) is 0 Å². The zero-order chi connectivity index (χ0) is 33.0. The highest BCUT2D eigenvalue weighted by Crippen LogP contribution is 2.63. The maximum Gasteiger partial charge on any atom is 0.238 e. The number of fused-ring (bicyclic) bond motifs is 4. The van der Waals surface area contributed by atoms with Gasteiger partial charge >= 0.3 is 0 Å². The first kappa shape index (κ1) is 30.7. The van der Waals surface area contributed by atoms with E-state index in [9.17, 15) is 29.1 Å². The van der Waals surface area contributed by atoms with Crippen molar-refractivity contribution in [1.82, 2.24) is 0 Å². The van der Waals surface area contributed by atoms with Crippen molar-refractivity contribution >= 4 is 34.9 Å². The molecule has 3 aromatic rings. The molecule has 1 saturated carbocycles. The van der Waals surface area contributed by atoms with Crippen LogP contribution in [-0.4, -0.2) is 47.5 Å². The number of allylic oxidation sites excluding steroid dienone is 4. The van der Waals surface area contributed by atoms with Crippen LogP contribution in [0.5, 0.6) is 5.75 Å². The number of aliphatic hydroxyl groups is 1. The lowest BCUT2D eigenvalue weighted by atomic mass is 9.47. The number of aliphatic hydroxyl groups excluding tert-OH is 1. The Bertz CT molecular complexity index is 1870. The monoisotopic (exact) mass is 629 g/mol. The van der Waals surface area contributed by atoms with Crippen LogP contribution in [0.4, 0.5) is 5.69 Å². The van der Waals surface area contributed by atoms with E-state index in [0.29, 0.717) is 40.1 Å². The van der Waals surface area contributed by atoms with Crippen LogP contribution in [0.15, 0.2) is 102 Å². The molecule has 1 aliphatic heterocycles. The van der Waals surface area contributed by atoms with Gasteiger partial charge in [0.1, 0.15) is 12.4 Å². The van der Waals surface area contributed by atoms with Gasteiger partial charge in [-0.2, -0.15) is 0 Å². The number of carbonyl (C=O) groups is 5. The molecule has 2 fully saturated rings. The minimum Gasteiger partial charge on any atom is -0.491 e. The summed E-state index contributed by atoms with van der Waals surface area (Å²) >= 11 is 0. The van der Waals surface area contributed by atoms with Gasteiger partial charge in [-0.15, -0.1) is 0 Å². The average Bonchev–Trinajstić information content (AvgIpc) is 3.35. The smallest absolute Gasteiger partial charge is 0.238 e. The van der Waals surface area contributed by atoms with Crippen molar-refractivity contribution in [2.45, 2.75) is 32.6 Å². The first-order valence-corrected chi connectivity index (χ1v) is 16.0. The maximum absolute atomic E-state index is 14.3. The Morgan fingerprint density at radius 3 is 2.30 bits per heavy atom. The molecule has 0 unspecified atom stereocenters. The highest BCUT2D eigenvalue weighted by Gasteiger charge is 2.63. The number of hydrogen-bond acceptors (Lipinski definition) is 7. The molecule has 3 aromatic carbocycles. The van der Waals surface area contributed by atoms with E-state index in [1.54, 1.807) is 61.5 Å². The van der Waals surface area contributed by atoms with Crippen LogP contribution in [0.25, 0.3) is 0 Å². The first-order chi connectivity index (χ1) is 22.7. The third-order valence-corrected chi connectivity index (χ3v) is 10.6. The molecule has 0 radical (unpaired) electrons. The molecular weight excluding hydrogens is 594 g/mol. The number of anilines is 1. The van der Waals surface area contributed by atoms with Crippen LogP contribution in [0.3, 0.4) is 0 Å². The molecule has 6 atom stereocenters. The van der Waals surface area contributed by atoms with Gasteiger partial charge in [-0.25, -0.2) is 0 Å². The van der Waals surface area contributed by atoms with Crippen LogP contribution in [0, 0.1) is 29.1 Å². The topological polar surface area (TPSA) is 118 Å². The van der Waals surface area contributed by atoms with Crippen molar-refractivity contribution in [3.8, 4) is 5.75 Å². The number of benzene rings is 3. The number of para-hydroxylation sites is 1. The van der Waals surface area contributed by atoms with Gasteiger partial charge in [0, 0.05) is 28.5 Å². The fourth-order valence-electron chi connectivity index (χ4n) is 8.52. The molecule has 0 spiro atoms. The Morgan fingerprint density at radius 1 is 0.894 bits per heavy atom. The molecule has 3 aliphatic carbocycles. The fourth-order valence-corrected chi connectivity index (χ4v) is 8.52. The summed E-state index contributed by atoms with van der Waals surface area (Å²) in [5.74, 6) is -3.63. The van der Waals surface area contributed by atoms with E-state index >= 15 is 0 Å². The molecule has 2 amide bonds. The minimum absolute atomic E-state index is 0.0561. The lowest BCUT2D eigenvalue weighted by Crippen LogP contribution is -2.54. The summed E-state index contributed by atoms with van der Waals surface area (Å²) in [6.07, 6.45) is 4.01. The average molecular weight is 630 g/mol. The SMILES string of the molecule is CC1=CC(=O)[C@@H]2C[C@@H]3C(=CC[C@@H]4C(=O)N(c5ccc(C(=O)c6ccccc6)cc5)C(=O)[C@@H]43)[C@H](c3ccccc3OCCO)[C@]2(C)C1=O. The summed E-state index contributed by atoms with van der Waals surface area (Å²) in [5.41, 5.74) is 2.23. The van der Waals surface area contributed by atoms with E-state index in [0.717, 1.165) is 5.57 Å². The summed E-state index contributed by atoms with van der Waals surface area (Å²) in [6.45, 7) is 3.37. The van der Waals surface area contributed by atoms with Gasteiger partial charge in [0.25, 0.3) is 0 Å². The van der Waals surface area contributed by atoms with E-state index in [2.05, 4.69) is 0 Å². The molecule has 4 aliphatic rings. The largest absolute Gasteiger partial charge is 0.491 e. The Kier molecular flexibility index (Phi) is 7.63. The third-order valence-electron chi connectivity index (χ3n) is 10.6. The molecule has 0 bridgehead atoms. The van der Waals surface area contributed by atoms with Gasteiger partial charge in [0.05, 0.1) is 29.5 Å².